The maximum atomic E-state index is 15.4. The van der Waals surface area contributed by atoms with Gasteiger partial charge >= 0.3 is 5.97 Å². The number of aromatic nitrogens is 1. The molecule has 2 saturated carbocycles. The first-order chi connectivity index (χ1) is 16.4. The van der Waals surface area contributed by atoms with Crippen LogP contribution in [-0.2, 0) is 9.53 Å². The van der Waals surface area contributed by atoms with Gasteiger partial charge in [-0.1, -0.05) is 12.1 Å². The minimum Gasteiger partial charge on any atom is -0.481 e. The lowest BCUT2D eigenvalue weighted by atomic mass is 9.47. The molecule has 1 aromatic heterocycles. The van der Waals surface area contributed by atoms with E-state index in [0.717, 1.165) is 55.3 Å². The van der Waals surface area contributed by atoms with Gasteiger partial charge in [-0.3, -0.25) is 4.79 Å². The smallest absolute Gasteiger partial charge is 0.306 e. The van der Waals surface area contributed by atoms with Crippen molar-refractivity contribution in [3.05, 3.63) is 64.9 Å². The Bertz CT molecular complexity index is 1280. The number of ether oxygens (including phenoxy) is 1. The number of hydrogen-bond donors (Lipinski definition) is 1. The fraction of sp³-hybridized carbons (Fsp3) is 0.464. The summed E-state index contributed by atoms with van der Waals surface area (Å²) in [6.07, 6.45) is 5.12. The van der Waals surface area contributed by atoms with Crippen LogP contribution in [0, 0.1) is 29.9 Å². The minimum atomic E-state index is -0.692. The molecule has 2 heterocycles. The van der Waals surface area contributed by atoms with E-state index in [2.05, 4.69) is 0 Å². The number of carboxylic acid groups (broad SMARTS) is 1. The van der Waals surface area contributed by atoms with E-state index >= 15 is 4.39 Å². The van der Waals surface area contributed by atoms with Crippen LogP contribution < -0.4 is 0 Å². The third-order valence-electron chi connectivity index (χ3n) is 8.50. The molecule has 0 unspecified atom stereocenters. The average Bonchev–Trinajstić information content (AvgIpc) is 3.10. The Balaban J connectivity index is 1.51. The highest BCUT2D eigenvalue weighted by Crippen LogP contribution is 2.65. The molecule has 2 aromatic carbocycles. The Labute approximate surface area is 197 Å². The van der Waals surface area contributed by atoms with E-state index in [4.69, 9.17) is 4.74 Å². The van der Waals surface area contributed by atoms with Gasteiger partial charge in [-0.25, -0.2) is 8.78 Å². The van der Waals surface area contributed by atoms with Crippen molar-refractivity contribution in [2.24, 2.45) is 11.3 Å². The summed E-state index contributed by atoms with van der Waals surface area (Å²) in [6, 6.07) is 10.3. The molecule has 0 radical (unpaired) electrons. The Morgan fingerprint density at radius 3 is 2.44 bits per heavy atom. The molecule has 0 atom stereocenters. The van der Waals surface area contributed by atoms with Crippen molar-refractivity contribution in [3.8, 4) is 5.69 Å². The topological polar surface area (TPSA) is 51.5 Å². The molecule has 6 rings (SSSR count). The van der Waals surface area contributed by atoms with Crippen LogP contribution in [0.2, 0.25) is 0 Å². The zero-order valence-corrected chi connectivity index (χ0v) is 19.3. The molecule has 6 heteroatoms. The lowest BCUT2D eigenvalue weighted by Crippen LogP contribution is -2.49. The van der Waals surface area contributed by atoms with Crippen molar-refractivity contribution in [1.82, 2.24) is 4.57 Å². The molecule has 1 saturated heterocycles. The number of aryl methyl sites for hydroxylation is 1. The quantitative estimate of drug-likeness (QED) is 0.480. The van der Waals surface area contributed by atoms with E-state index in [0.29, 0.717) is 24.3 Å². The predicted molar refractivity (Wildman–Crippen MR) is 125 cm³/mol. The summed E-state index contributed by atoms with van der Waals surface area (Å²) in [7, 11) is 0. The molecule has 3 aromatic rings. The Morgan fingerprint density at radius 2 is 1.76 bits per heavy atom. The SMILES string of the molecule is Cc1cc(-n2c(C3CCOCC3)c(C3CC4(CC(C(=O)O)C4)C3)c3cccc(F)c32)ccc1F. The van der Waals surface area contributed by atoms with Gasteiger partial charge in [0, 0.05) is 35.9 Å². The van der Waals surface area contributed by atoms with Gasteiger partial charge in [0.05, 0.1) is 11.4 Å². The molecule has 4 nitrogen and oxygen atoms in total. The van der Waals surface area contributed by atoms with Gasteiger partial charge in [-0.15, -0.1) is 0 Å². The first kappa shape index (κ1) is 21.8. The van der Waals surface area contributed by atoms with E-state index in [1.54, 1.807) is 25.1 Å². The Kier molecular flexibility index (Phi) is 5.07. The maximum absolute atomic E-state index is 15.4. The van der Waals surface area contributed by atoms with E-state index in [9.17, 15) is 14.3 Å². The van der Waals surface area contributed by atoms with Crippen molar-refractivity contribution in [2.75, 3.05) is 13.2 Å². The average molecular weight is 466 g/mol. The first-order valence-electron chi connectivity index (χ1n) is 12.3. The van der Waals surface area contributed by atoms with Crippen LogP contribution in [0.1, 0.15) is 67.2 Å². The second-order valence-corrected chi connectivity index (χ2v) is 10.6. The van der Waals surface area contributed by atoms with Crippen molar-refractivity contribution in [1.29, 1.82) is 0 Å². The van der Waals surface area contributed by atoms with Crippen LogP contribution in [0.25, 0.3) is 16.6 Å². The molecule has 1 N–H and O–H groups in total. The number of para-hydroxylation sites is 1. The molecule has 2 aliphatic carbocycles. The van der Waals surface area contributed by atoms with Crippen LogP contribution in [0.5, 0.6) is 0 Å². The van der Waals surface area contributed by atoms with Crippen molar-refractivity contribution in [3.63, 3.8) is 0 Å². The number of carboxylic acids is 1. The van der Waals surface area contributed by atoms with E-state index < -0.39 is 5.97 Å². The highest BCUT2D eigenvalue weighted by molar-refractivity contribution is 5.89. The van der Waals surface area contributed by atoms with Crippen LogP contribution in [0.3, 0.4) is 0 Å². The second kappa shape index (κ2) is 7.91. The number of halogens is 2. The summed E-state index contributed by atoms with van der Waals surface area (Å²) in [6.45, 7) is 3.08. The van der Waals surface area contributed by atoms with Gasteiger partial charge in [0.1, 0.15) is 11.6 Å². The lowest BCUT2D eigenvalue weighted by Gasteiger charge is -2.57. The van der Waals surface area contributed by atoms with Gasteiger partial charge in [0.25, 0.3) is 0 Å². The largest absolute Gasteiger partial charge is 0.481 e. The highest BCUT2D eigenvalue weighted by atomic mass is 19.1. The molecule has 3 aliphatic rings. The Morgan fingerprint density at radius 1 is 1.03 bits per heavy atom. The number of aliphatic carboxylic acids is 1. The molecular weight excluding hydrogens is 436 g/mol. The van der Waals surface area contributed by atoms with Crippen molar-refractivity contribution >= 4 is 16.9 Å². The van der Waals surface area contributed by atoms with Crippen LogP contribution in [-0.4, -0.2) is 28.9 Å². The second-order valence-electron chi connectivity index (χ2n) is 10.6. The highest BCUT2D eigenvalue weighted by Gasteiger charge is 2.56. The van der Waals surface area contributed by atoms with Crippen LogP contribution in [0.4, 0.5) is 8.78 Å². The number of carbonyl (C=O) groups is 1. The molecule has 178 valence electrons. The van der Waals surface area contributed by atoms with Crippen molar-refractivity contribution in [2.45, 2.75) is 57.3 Å². The van der Waals surface area contributed by atoms with Gasteiger partial charge < -0.3 is 14.4 Å². The van der Waals surface area contributed by atoms with E-state index in [1.807, 2.05) is 10.6 Å². The van der Waals surface area contributed by atoms with Gasteiger partial charge in [0.2, 0.25) is 0 Å². The normalized spacial score (nSPS) is 27.0. The summed E-state index contributed by atoms with van der Waals surface area (Å²) in [5.74, 6) is -0.959. The molecule has 3 fully saturated rings. The fourth-order valence-electron chi connectivity index (χ4n) is 6.86. The van der Waals surface area contributed by atoms with Gasteiger partial charge in [-0.2, -0.15) is 0 Å². The third-order valence-corrected chi connectivity index (χ3v) is 8.50. The molecule has 1 aliphatic heterocycles. The third kappa shape index (κ3) is 3.29. The van der Waals surface area contributed by atoms with Crippen LogP contribution in [0.15, 0.2) is 36.4 Å². The summed E-state index contributed by atoms with van der Waals surface area (Å²) >= 11 is 0. The molecule has 0 bridgehead atoms. The first-order valence-corrected chi connectivity index (χ1v) is 12.3. The summed E-state index contributed by atoms with van der Waals surface area (Å²) in [4.78, 5) is 11.4. The number of benzene rings is 2. The summed E-state index contributed by atoms with van der Waals surface area (Å²) in [5.41, 5.74) is 4.32. The zero-order chi connectivity index (χ0) is 23.6. The number of fused-ring (bicyclic) bond motifs is 1. The van der Waals surface area contributed by atoms with Crippen LogP contribution >= 0.6 is 0 Å². The minimum absolute atomic E-state index is 0.120. The lowest BCUT2D eigenvalue weighted by molar-refractivity contribution is -0.155. The zero-order valence-electron chi connectivity index (χ0n) is 19.3. The van der Waals surface area contributed by atoms with Gasteiger partial charge in [0.15, 0.2) is 0 Å². The van der Waals surface area contributed by atoms with Gasteiger partial charge in [-0.05, 0) is 92.2 Å². The molecule has 1 spiro atoms. The number of rotatable bonds is 4. The number of hydrogen-bond acceptors (Lipinski definition) is 2. The van der Waals surface area contributed by atoms with E-state index in [-0.39, 0.29) is 34.8 Å². The molecule has 34 heavy (non-hydrogen) atoms. The van der Waals surface area contributed by atoms with E-state index in [1.165, 1.54) is 17.7 Å². The fourth-order valence-corrected chi connectivity index (χ4v) is 6.86. The monoisotopic (exact) mass is 465 g/mol. The number of nitrogens with zero attached hydrogens (tertiary/aromatic N) is 1. The maximum Gasteiger partial charge on any atom is 0.306 e. The summed E-state index contributed by atoms with van der Waals surface area (Å²) < 4.78 is 37.3. The summed E-state index contributed by atoms with van der Waals surface area (Å²) in [5, 5.41) is 10.3. The van der Waals surface area contributed by atoms with Crippen molar-refractivity contribution < 1.29 is 23.4 Å². The predicted octanol–water partition coefficient (Wildman–Crippen LogP) is 6.47. The Hall–Kier alpha value is -2.73. The standard InChI is InChI=1S/C28H29F2NO3/c1-16-11-20(5-6-22(16)29)31-25(17-7-9-34-10-8-17)24(21-3-2-4-23(30)26(21)31)18-12-28(13-18)14-19(15-28)27(32)33/h2-6,11,17-19H,7-10,12-15H2,1H3,(H,32,33). The molecule has 0 amide bonds. The molecular formula is C28H29F2NO3.